The molecular formula is C33H29NOSSi. The van der Waals surface area contributed by atoms with E-state index in [0.29, 0.717) is 0 Å². The summed E-state index contributed by atoms with van der Waals surface area (Å²) in [5.41, 5.74) is 6.90. The molecule has 3 heterocycles. The summed E-state index contributed by atoms with van der Waals surface area (Å²) in [6.45, 7) is 11.5. The number of rotatable bonds is 3. The summed E-state index contributed by atoms with van der Waals surface area (Å²) in [6, 6.07) is 26.6. The van der Waals surface area contributed by atoms with Crippen LogP contribution in [0.1, 0.15) is 17.4 Å². The van der Waals surface area contributed by atoms with Gasteiger partial charge in [0.15, 0.2) is 5.58 Å². The summed E-state index contributed by atoms with van der Waals surface area (Å²) in [5.74, 6) is 0. The van der Waals surface area contributed by atoms with Crippen LogP contribution >= 0.6 is 11.3 Å². The molecule has 0 saturated carbocycles. The summed E-state index contributed by atoms with van der Waals surface area (Å²) < 4.78 is 10.6. The molecule has 0 saturated heterocycles. The molecule has 0 aliphatic heterocycles. The van der Waals surface area contributed by atoms with Gasteiger partial charge in [0, 0.05) is 31.1 Å². The molecule has 37 heavy (non-hydrogen) atoms. The van der Waals surface area contributed by atoms with Crippen LogP contribution in [0.5, 0.6) is 0 Å². The summed E-state index contributed by atoms with van der Waals surface area (Å²) in [6.07, 6.45) is 4.37. The summed E-state index contributed by atoms with van der Waals surface area (Å²) in [7, 11) is -1.58. The third-order valence-electron chi connectivity index (χ3n) is 7.65. The molecule has 7 aromatic rings. The highest BCUT2D eigenvalue weighted by Crippen LogP contribution is 2.43. The molecule has 0 amide bonds. The van der Waals surface area contributed by atoms with E-state index in [0.717, 1.165) is 16.9 Å². The Labute approximate surface area is 221 Å². The average molecular weight is 516 g/mol. The third kappa shape index (κ3) is 3.16. The second-order valence-electron chi connectivity index (χ2n) is 11.0. The Morgan fingerprint density at radius 1 is 0.757 bits per heavy atom. The van der Waals surface area contributed by atoms with Crippen LogP contribution in [-0.4, -0.2) is 12.6 Å². The van der Waals surface area contributed by atoms with Crippen LogP contribution in [-0.2, 0) is 0 Å². The van der Waals surface area contributed by atoms with Crippen LogP contribution < -0.4 is 5.19 Å². The number of hydrogen-bond acceptors (Lipinski definition) is 2. The smallest absolute Gasteiger partial charge is 0.159 e. The maximum absolute atomic E-state index is 6.81. The van der Waals surface area contributed by atoms with Crippen molar-refractivity contribution in [2.24, 2.45) is 0 Å². The molecule has 4 heteroatoms. The molecule has 2 nitrogen and oxygen atoms in total. The molecule has 7 rings (SSSR count). The van der Waals surface area contributed by atoms with Gasteiger partial charge in [-0.15, -0.1) is 11.3 Å². The molecule has 0 aliphatic rings. The lowest BCUT2D eigenvalue weighted by molar-refractivity contribution is 0.668. The molecule has 0 radical (unpaired) electrons. The largest absolute Gasteiger partial charge is 0.454 e. The lowest BCUT2D eigenvalue weighted by Crippen LogP contribution is -2.37. The van der Waals surface area contributed by atoms with Crippen molar-refractivity contribution in [2.45, 2.75) is 33.5 Å². The van der Waals surface area contributed by atoms with Gasteiger partial charge < -0.3 is 8.98 Å². The highest BCUT2D eigenvalue weighted by Gasteiger charge is 2.24. The van der Waals surface area contributed by atoms with Crippen molar-refractivity contribution in [1.82, 2.24) is 4.57 Å². The van der Waals surface area contributed by atoms with Gasteiger partial charge in [-0.25, -0.2) is 0 Å². The first-order chi connectivity index (χ1) is 17.9. The second kappa shape index (κ2) is 7.95. The van der Waals surface area contributed by atoms with Crippen LogP contribution in [0.2, 0.25) is 19.6 Å². The predicted molar refractivity (Wildman–Crippen MR) is 166 cm³/mol. The first-order valence-electron chi connectivity index (χ1n) is 12.9. The minimum absolute atomic E-state index is 0.961. The Bertz CT molecular complexity index is 2040. The highest BCUT2D eigenvalue weighted by molar-refractivity contribution is 7.21. The molecule has 0 fully saturated rings. The van der Waals surface area contributed by atoms with Gasteiger partial charge in [0.2, 0.25) is 0 Å². The number of aryl methyl sites for hydroxylation is 1. The SMILES string of the molecule is CC=Cc1sc2c(ccc3c2c2ccccc2n3-c2cccc3c2oc2c([Si](C)(C)C)cccc23)c1C. The number of thiophene rings is 1. The van der Waals surface area contributed by atoms with Crippen LogP contribution in [0.25, 0.3) is 65.6 Å². The predicted octanol–water partition coefficient (Wildman–Crippen LogP) is 9.78. The van der Waals surface area contributed by atoms with E-state index in [1.165, 1.54) is 58.3 Å². The zero-order valence-corrected chi connectivity index (χ0v) is 23.7. The molecule has 0 N–H and O–H groups in total. The topological polar surface area (TPSA) is 18.1 Å². The van der Waals surface area contributed by atoms with Crippen molar-refractivity contribution >= 4 is 84.5 Å². The van der Waals surface area contributed by atoms with Crippen LogP contribution in [0.4, 0.5) is 0 Å². The van der Waals surface area contributed by atoms with Crippen molar-refractivity contribution in [3.63, 3.8) is 0 Å². The maximum Gasteiger partial charge on any atom is 0.159 e. The minimum atomic E-state index is -1.58. The number of allylic oxidation sites excluding steroid dienone is 1. The van der Waals surface area contributed by atoms with Crippen LogP contribution in [0.15, 0.2) is 83.3 Å². The molecule has 182 valence electrons. The summed E-state index contributed by atoms with van der Waals surface area (Å²) in [5, 5.41) is 7.73. The third-order valence-corrected chi connectivity index (χ3v) is 10.9. The number of furan rings is 1. The van der Waals surface area contributed by atoms with E-state index in [-0.39, 0.29) is 0 Å². The number of fused-ring (bicyclic) bond motifs is 8. The number of para-hydroxylation sites is 3. The first-order valence-corrected chi connectivity index (χ1v) is 17.2. The number of aromatic nitrogens is 1. The number of benzene rings is 4. The fraction of sp³-hybridized carbons (Fsp3) is 0.152. The number of hydrogen-bond donors (Lipinski definition) is 0. The molecular weight excluding hydrogens is 487 g/mol. The van der Waals surface area contributed by atoms with E-state index >= 15 is 0 Å². The Morgan fingerprint density at radius 2 is 1.49 bits per heavy atom. The van der Waals surface area contributed by atoms with Crippen LogP contribution in [0.3, 0.4) is 0 Å². The van der Waals surface area contributed by atoms with Gasteiger partial charge in [-0.2, -0.15) is 0 Å². The van der Waals surface area contributed by atoms with Crippen LogP contribution in [0, 0.1) is 6.92 Å². The lowest BCUT2D eigenvalue weighted by Gasteiger charge is -2.16. The molecule has 0 bridgehead atoms. The van der Waals surface area contributed by atoms with Gasteiger partial charge in [-0.3, -0.25) is 0 Å². The summed E-state index contributed by atoms with van der Waals surface area (Å²) >= 11 is 1.89. The van der Waals surface area contributed by atoms with E-state index in [2.05, 4.69) is 123 Å². The lowest BCUT2D eigenvalue weighted by atomic mass is 10.1. The van der Waals surface area contributed by atoms with Gasteiger partial charge in [0.1, 0.15) is 5.58 Å². The van der Waals surface area contributed by atoms with Crippen molar-refractivity contribution < 1.29 is 4.42 Å². The molecule has 3 aromatic heterocycles. The Hall–Kier alpha value is -3.60. The highest BCUT2D eigenvalue weighted by atomic mass is 32.1. The molecule has 0 aliphatic carbocycles. The monoisotopic (exact) mass is 515 g/mol. The number of nitrogens with zero attached hydrogens (tertiary/aromatic N) is 1. The van der Waals surface area contributed by atoms with Gasteiger partial charge in [-0.05, 0) is 54.3 Å². The zero-order chi connectivity index (χ0) is 25.5. The van der Waals surface area contributed by atoms with E-state index in [9.17, 15) is 0 Å². The normalized spacial score (nSPS) is 12.9. The van der Waals surface area contributed by atoms with Crippen molar-refractivity contribution in [3.8, 4) is 5.69 Å². The van der Waals surface area contributed by atoms with E-state index in [1.54, 1.807) is 0 Å². The van der Waals surface area contributed by atoms with E-state index in [1.807, 2.05) is 11.3 Å². The fourth-order valence-electron chi connectivity index (χ4n) is 5.89. The Kier molecular flexibility index (Phi) is 4.85. The fourth-order valence-corrected chi connectivity index (χ4v) is 8.69. The molecule has 4 aromatic carbocycles. The molecule has 0 spiro atoms. The van der Waals surface area contributed by atoms with Gasteiger partial charge in [-0.1, -0.05) is 80.3 Å². The average Bonchev–Trinajstić information content (AvgIpc) is 3.53. The maximum atomic E-state index is 6.81. The van der Waals surface area contributed by atoms with Gasteiger partial charge in [0.05, 0.1) is 24.8 Å². The second-order valence-corrected chi connectivity index (χ2v) is 17.1. The van der Waals surface area contributed by atoms with Crippen molar-refractivity contribution in [2.75, 3.05) is 0 Å². The Morgan fingerprint density at radius 3 is 2.27 bits per heavy atom. The zero-order valence-electron chi connectivity index (χ0n) is 21.8. The van der Waals surface area contributed by atoms with Gasteiger partial charge in [0.25, 0.3) is 0 Å². The first kappa shape index (κ1) is 22.6. The quantitative estimate of drug-likeness (QED) is 0.214. The standard InChI is InChI=1S/C33H29NOSSi/c1-6-11-28-20(2)21-18-19-26-30(33(21)36-28)24-12-7-8-15-25(24)34(26)27-16-9-13-22-23-14-10-17-29(37(3,4)5)32(23)35-31(22)27/h6-19H,1-5H3. The van der Waals surface area contributed by atoms with Crippen molar-refractivity contribution in [3.05, 3.63) is 89.3 Å². The van der Waals surface area contributed by atoms with Gasteiger partial charge >= 0.3 is 0 Å². The molecule has 0 atom stereocenters. The summed E-state index contributed by atoms with van der Waals surface area (Å²) in [4.78, 5) is 1.33. The Balaban J connectivity index is 1.64. The van der Waals surface area contributed by atoms with E-state index in [4.69, 9.17) is 4.42 Å². The minimum Gasteiger partial charge on any atom is -0.454 e. The molecule has 0 unspecified atom stereocenters. The van der Waals surface area contributed by atoms with Crippen molar-refractivity contribution in [1.29, 1.82) is 0 Å². The van der Waals surface area contributed by atoms with E-state index < -0.39 is 8.07 Å².